The SMILES string of the molecule is CCNC(=NCC(C)(O)c1ccsc1)NCCC(=O)NCc1ccccc1.I. The average molecular weight is 516 g/mol. The van der Waals surface area contributed by atoms with E-state index in [0.29, 0.717) is 32.0 Å². The maximum absolute atomic E-state index is 12.0. The van der Waals surface area contributed by atoms with E-state index in [1.807, 2.05) is 54.1 Å². The Labute approximate surface area is 187 Å². The second-order valence-electron chi connectivity index (χ2n) is 6.42. The summed E-state index contributed by atoms with van der Waals surface area (Å²) < 4.78 is 0. The topological polar surface area (TPSA) is 85.8 Å². The molecule has 154 valence electrons. The maximum Gasteiger partial charge on any atom is 0.222 e. The Balaban J connectivity index is 0.00000392. The van der Waals surface area contributed by atoms with Crippen molar-refractivity contribution in [3.63, 3.8) is 0 Å². The highest BCUT2D eigenvalue weighted by molar-refractivity contribution is 14.0. The zero-order chi connectivity index (χ0) is 19.5. The van der Waals surface area contributed by atoms with Crippen molar-refractivity contribution in [1.82, 2.24) is 16.0 Å². The summed E-state index contributed by atoms with van der Waals surface area (Å²) in [4.78, 5) is 16.4. The van der Waals surface area contributed by atoms with Crippen LogP contribution in [0.3, 0.4) is 0 Å². The summed E-state index contributed by atoms with van der Waals surface area (Å²) in [6.45, 7) is 5.65. The molecule has 0 spiro atoms. The molecule has 2 rings (SSSR count). The zero-order valence-electron chi connectivity index (χ0n) is 16.3. The number of aliphatic hydroxyl groups is 1. The molecule has 1 unspecified atom stereocenters. The number of amides is 1. The Morgan fingerprint density at radius 1 is 1.18 bits per heavy atom. The van der Waals surface area contributed by atoms with Crippen LogP contribution in [-0.2, 0) is 16.9 Å². The van der Waals surface area contributed by atoms with Gasteiger partial charge in [-0.25, -0.2) is 4.99 Å². The second kappa shape index (κ2) is 12.7. The third kappa shape index (κ3) is 8.57. The fourth-order valence-corrected chi connectivity index (χ4v) is 3.20. The van der Waals surface area contributed by atoms with E-state index in [2.05, 4.69) is 20.9 Å². The summed E-state index contributed by atoms with van der Waals surface area (Å²) >= 11 is 1.55. The van der Waals surface area contributed by atoms with Gasteiger partial charge in [0, 0.05) is 26.1 Å². The van der Waals surface area contributed by atoms with Gasteiger partial charge in [0.05, 0.1) is 6.54 Å². The van der Waals surface area contributed by atoms with Crippen LogP contribution in [0.1, 0.15) is 31.4 Å². The van der Waals surface area contributed by atoms with Crippen LogP contribution in [0.5, 0.6) is 0 Å². The standard InChI is InChI=1S/C20H28N4O2S.HI/c1-3-21-19(24-15-20(2,26)17-10-12-27-14-17)22-11-9-18(25)23-13-16-7-5-4-6-8-16;/h4-8,10,12,14,26H,3,9,11,13,15H2,1-2H3,(H,23,25)(H2,21,22,24);1H. The van der Waals surface area contributed by atoms with Crippen LogP contribution in [0.25, 0.3) is 0 Å². The molecular formula is C20H29IN4O2S. The summed E-state index contributed by atoms with van der Waals surface area (Å²) in [6.07, 6.45) is 0.345. The van der Waals surface area contributed by atoms with Crippen molar-refractivity contribution < 1.29 is 9.90 Å². The van der Waals surface area contributed by atoms with Gasteiger partial charge >= 0.3 is 0 Å². The van der Waals surface area contributed by atoms with Crippen molar-refractivity contribution in [2.24, 2.45) is 4.99 Å². The molecule has 0 aliphatic rings. The van der Waals surface area contributed by atoms with Gasteiger partial charge in [-0.2, -0.15) is 11.3 Å². The van der Waals surface area contributed by atoms with Crippen LogP contribution in [0.15, 0.2) is 52.2 Å². The molecule has 4 N–H and O–H groups in total. The average Bonchev–Trinajstić information content (AvgIpc) is 3.21. The van der Waals surface area contributed by atoms with Gasteiger partial charge in [0.25, 0.3) is 0 Å². The van der Waals surface area contributed by atoms with Gasteiger partial charge in [-0.1, -0.05) is 30.3 Å². The normalized spacial score (nSPS) is 13.2. The number of thiophene rings is 1. The number of guanidine groups is 1. The van der Waals surface area contributed by atoms with Crippen molar-refractivity contribution in [3.8, 4) is 0 Å². The molecule has 28 heavy (non-hydrogen) atoms. The van der Waals surface area contributed by atoms with Crippen LogP contribution in [0, 0.1) is 0 Å². The number of nitrogens with one attached hydrogen (secondary N) is 3. The summed E-state index contributed by atoms with van der Waals surface area (Å²) in [5.74, 6) is 0.566. The molecule has 1 aromatic heterocycles. The van der Waals surface area contributed by atoms with Crippen LogP contribution in [-0.4, -0.2) is 36.6 Å². The fourth-order valence-electron chi connectivity index (χ4n) is 2.42. The molecule has 0 saturated heterocycles. The van der Waals surface area contributed by atoms with E-state index >= 15 is 0 Å². The number of nitrogens with zero attached hydrogens (tertiary/aromatic N) is 1. The molecule has 0 aliphatic carbocycles. The summed E-state index contributed by atoms with van der Waals surface area (Å²) in [6, 6.07) is 11.7. The Kier molecular flexibility index (Phi) is 11.1. The minimum Gasteiger partial charge on any atom is -0.383 e. The third-order valence-electron chi connectivity index (χ3n) is 4.01. The van der Waals surface area contributed by atoms with E-state index in [1.165, 1.54) is 0 Å². The molecule has 1 aromatic carbocycles. The number of hydrogen-bond acceptors (Lipinski definition) is 4. The summed E-state index contributed by atoms with van der Waals surface area (Å²) in [5.41, 5.74) is 0.909. The number of benzene rings is 1. The van der Waals surface area contributed by atoms with E-state index in [-0.39, 0.29) is 36.4 Å². The summed E-state index contributed by atoms with van der Waals surface area (Å²) in [5, 5.41) is 23.6. The van der Waals surface area contributed by atoms with Crippen LogP contribution < -0.4 is 16.0 Å². The van der Waals surface area contributed by atoms with Gasteiger partial charge in [0.1, 0.15) is 5.60 Å². The molecule has 0 fully saturated rings. The zero-order valence-corrected chi connectivity index (χ0v) is 19.4. The first-order valence-corrected chi connectivity index (χ1v) is 10.0. The monoisotopic (exact) mass is 516 g/mol. The van der Waals surface area contributed by atoms with Crippen molar-refractivity contribution in [3.05, 3.63) is 58.3 Å². The lowest BCUT2D eigenvalue weighted by Gasteiger charge is -2.21. The third-order valence-corrected chi connectivity index (χ3v) is 4.69. The predicted molar refractivity (Wildman–Crippen MR) is 126 cm³/mol. The first-order chi connectivity index (χ1) is 13.0. The van der Waals surface area contributed by atoms with E-state index in [9.17, 15) is 9.90 Å². The first-order valence-electron chi connectivity index (χ1n) is 9.09. The van der Waals surface area contributed by atoms with Crippen LogP contribution in [0.4, 0.5) is 0 Å². The smallest absolute Gasteiger partial charge is 0.222 e. The quantitative estimate of drug-likeness (QED) is 0.235. The molecule has 2 aromatic rings. The van der Waals surface area contributed by atoms with Crippen molar-refractivity contribution in [1.29, 1.82) is 0 Å². The molecule has 0 aliphatic heterocycles. The van der Waals surface area contributed by atoms with E-state index in [1.54, 1.807) is 18.3 Å². The van der Waals surface area contributed by atoms with Crippen LogP contribution >= 0.6 is 35.3 Å². The highest BCUT2D eigenvalue weighted by Gasteiger charge is 2.23. The molecule has 1 atom stereocenters. The van der Waals surface area contributed by atoms with Crippen molar-refractivity contribution in [2.45, 2.75) is 32.4 Å². The molecule has 0 bridgehead atoms. The lowest BCUT2D eigenvalue weighted by Crippen LogP contribution is -2.40. The Morgan fingerprint density at radius 3 is 2.57 bits per heavy atom. The maximum atomic E-state index is 12.0. The molecule has 0 saturated carbocycles. The minimum absolute atomic E-state index is 0. The number of rotatable bonds is 9. The molecule has 1 amide bonds. The van der Waals surface area contributed by atoms with Gasteiger partial charge in [-0.15, -0.1) is 24.0 Å². The fraction of sp³-hybridized carbons (Fsp3) is 0.400. The van der Waals surface area contributed by atoms with Gasteiger partial charge in [-0.3, -0.25) is 4.79 Å². The highest BCUT2D eigenvalue weighted by atomic mass is 127. The molecule has 6 nitrogen and oxygen atoms in total. The lowest BCUT2D eigenvalue weighted by atomic mass is 10.00. The number of aliphatic imine (C=N–C) groups is 1. The van der Waals surface area contributed by atoms with E-state index < -0.39 is 5.60 Å². The van der Waals surface area contributed by atoms with E-state index in [0.717, 1.165) is 11.1 Å². The predicted octanol–water partition coefficient (Wildman–Crippen LogP) is 2.84. The molecular weight excluding hydrogens is 487 g/mol. The largest absolute Gasteiger partial charge is 0.383 e. The Bertz CT molecular complexity index is 721. The lowest BCUT2D eigenvalue weighted by molar-refractivity contribution is -0.121. The minimum atomic E-state index is -1.02. The van der Waals surface area contributed by atoms with Crippen molar-refractivity contribution >= 4 is 47.2 Å². The first kappa shape index (κ1) is 24.4. The second-order valence-corrected chi connectivity index (χ2v) is 7.20. The van der Waals surface area contributed by atoms with Gasteiger partial charge in [-0.05, 0) is 41.8 Å². The van der Waals surface area contributed by atoms with E-state index in [4.69, 9.17) is 0 Å². The summed E-state index contributed by atoms with van der Waals surface area (Å²) in [7, 11) is 0. The van der Waals surface area contributed by atoms with Gasteiger partial charge in [0.15, 0.2) is 5.96 Å². The molecule has 0 radical (unpaired) electrons. The molecule has 8 heteroatoms. The number of carbonyl (C=O) groups excluding carboxylic acids is 1. The molecule has 1 heterocycles. The number of carbonyl (C=O) groups is 1. The highest BCUT2D eigenvalue weighted by Crippen LogP contribution is 2.23. The number of hydrogen-bond donors (Lipinski definition) is 4. The van der Waals surface area contributed by atoms with Gasteiger partial charge < -0.3 is 21.1 Å². The van der Waals surface area contributed by atoms with Gasteiger partial charge in [0.2, 0.25) is 5.91 Å². The Morgan fingerprint density at radius 2 is 1.93 bits per heavy atom. The number of halogens is 1. The van der Waals surface area contributed by atoms with Crippen LogP contribution in [0.2, 0.25) is 0 Å². The van der Waals surface area contributed by atoms with Crippen molar-refractivity contribution in [2.75, 3.05) is 19.6 Å². The Hall–Kier alpha value is -1.65.